The zero-order valence-electron chi connectivity index (χ0n) is 14.0. The lowest BCUT2D eigenvalue weighted by atomic mass is 10.1. The maximum atomic E-state index is 12.0. The molecular weight excluding hydrogens is 326 g/mol. The molecule has 2 aromatic rings. The van der Waals surface area contributed by atoms with Crippen molar-refractivity contribution in [2.75, 3.05) is 14.2 Å². The molecule has 0 saturated heterocycles. The van der Waals surface area contributed by atoms with E-state index in [2.05, 4.69) is 10.5 Å². The van der Waals surface area contributed by atoms with E-state index >= 15 is 0 Å². The highest BCUT2D eigenvalue weighted by Gasteiger charge is 2.18. The van der Waals surface area contributed by atoms with Gasteiger partial charge in [0.1, 0.15) is 0 Å². The van der Waals surface area contributed by atoms with E-state index in [1.54, 1.807) is 24.3 Å². The van der Waals surface area contributed by atoms with E-state index in [1.807, 2.05) is 6.92 Å². The van der Waals surface area contributed by atoms with Gasteiger partial charge in [-0.2, -0.15) is 5.10 Å². The number of hydrogen-bond acceptors (Lipinski definition) is 6. The van der Waals surface area contributed by atoms with Crippen LogP contribution in [-0.4, -0.2) is 31.3 Å². The fraction of sp³-hybridized carbons (Fsp3) is 0.176. The minimum atomic E-state index is -0.564. The molecule has 0 saturated carbocycles. The minimum absolute atomic E-state index is 0.173. The van der Waals surface area contributed by atoms with Crippen LogP contribution in [0, 0.1) is 17.0 Å². The molecule has 130 valence electrons. The Bertz CT molecular complexity index is 816. The van der Waals surface area contributed by atoms with E-state index in [9.17, 15) is 14.9 Å². The Kier molecular flexibility index (Phi) is 5.67. The molecule has 2 rings (SSSR count). The molecule has 0 bridgehead atoms. The van der Waals surface area contributed by atoms with Crippen LogP contribution in [0.1, 0.15) is 21.5 Å². The van der Waals surface area contributed by atoms with Crippen LogP contribution in [0.4, 0.5) is 5.69 Å². The van der Waals surface area contributed by atoms with Crippen molar-refractivity contribution in [1.82, 2.24) is 5.43 Å². The molecule has 0 spiro atoms. The van der Waals surface area contributed by atoms with Gasteiger partial charge in [-0.15, -0.1) is 0 Å². The summed E-state index contributed by atoms with van der Waals surface area (Å²) >= 11 is 0. The number of nitro groups is 1. The van der Waals surface area contributed by atoms with Crippen molar-refractivity contribution in [2.24, 2.45) is 5.10 Å². The number of carbonyl (C=O) groups is 1. The summed E-state index contributed by atoms with van der Waals surface area (Å²) in [4.78, 5) is 22.6. The molecule has 8 heteroatoms. The van der Waals surface area contributed by atoms with Gasteiger partial charge in [0.25, 0.3) is 11.6 Å². The maximum Gasteiger partial charge on any atom is 0.282 e. The van der Waals surface area contributed by atoms with Crippen LogP contribution in [0.15, 0.2) is 41.5 Å². The molecule has 0 fully saturated rings. The Morgan fingerprint density at radius 3 is 2.32 bits per heavy atom. The second-order valence-electron chi connectivity index (χ2n) is 5.09. The summed E-state index contributed by atoms with van der Waals surface area (Å²) in [6.45, 7) is 1.91. The Balaban J connectivity index is 2.23. The Morgan fingerprint density at radius 1 is 1.16 bits per heavy atom. The number of nitrogens with zero attached hydrogens (tertiary/aromatic N) is 2. The third-order valence-corrected chi connectivity index (χ3v) is 3.41. The predicted molar refractivity (Wildman–Crippen MR) is 92.4 cm³/mol. The number of methoxy groups -OCH3 is 2. The van der Waals surface area contributed by atoms with Crippen LogP contribution in [0.5, 0.6) is 11.5 Å². The third kappa shape index (κ3) is 4.31. The maximum absolute atomic E-state index is 12.0. The lowest BCUT2D eigenvalue weighted by molar-refractivity contribution is -0.385. The van der Waals surface area contributed by atoms with E-state index in [0.717, 1.165) is 5.56 Å². The SMILES string of the molecule is COc1cc(/C=N\NC(=O)c2ccc(C)cc2)c([N+](=O)[O-])cc1OC. The van der Waals surface area contributed by atoms with Crippen LogP contribution in [-0.2, 0) is 0 Å². The normalized spacial score (nSPS) is 10.5. The van der Waals surface area contributed by atoms with Crippen molar-refractivity contribution in [1.29, 1.82) is 0 Å². The first-order chi connectivity index (χ1) is 12.0. The highest BCUT2D eigenvalue weighted by atomic mass is 16.6. The lowest BCUT2D eigenvalue weighted by Gasteiger charge is -2.08. The fourth-order valence-electron chi connectivity index (χ4n) is 2.08. The van der Waals surface area contributed by atoms with Crippen LogP contribution in [0.25, 0.3) is 0 Å². The number of amides is 1. The molecule has 0 aliphatic carbocycles. The average Bonchev–Trinajstić information content (AvgIpc) is 2.61. The Hall–Kier alpha value is -3.42. The number of hydrogen-bond donors (Lipinski definition) is 1. The number of nitro benzene ring substituents is 1. The number of aryl methyl sites for hydroxylation is 1. The fourth-order valence-corrected chi connectivity index (χ4v) is 2.08. The number of nitrogens with one attached hydrogen (secondary N) is 1. The summed E-state index contributed by atoms with van der Waals surface area (Å²) in [5.74, 6) is 0.133. The van der Waals surface area contributed by atoms with Gasteiger partial charge >= 0.3 is 0 Å². The molecule has 25 heavy (non-hydrogen) atoms. The van der Waals surface area contributed by atoms with Gasteiger partial charge in [-0.05, 0) is 25.1 Å². The first-order valence-corrected chi connectivity index (χ1v) is 7.26. The second kappa shape index (κ2) is 7.91. The first-order valence-electron chi connectivity index (χ1n) is 7.26. The van der Waals surface area contributed by atoms with Crippen molar-refractivity contribution >= 4 is 17.8 Å². The van der Waals surface area contributed by atoms with Crippen LogP contribution < -0.4 is 14.9 Å². The molecule has 1 N–H and O–H groups in total. The van der Waals surface area contributed by atoms with E-state index in [-0.39, 0.29) is 17.0 Å². The summed E-state index contributed by atoms with van der Waals surface area (Å²) in [7, 11) is 2.81. The molecule has 2 aromatic carbocycles. The van der Waals surface area contributed by atoms with Gasteiger partial charge in [0.15, 0.2) is 11.5 Å². The molecule has 0 radical (unpaired) electrons. The zero-order chi connectivity index (χ0) is 18.4. The summed E-state index contributed by atoms with van der Waals surface area (Å²) in [6, 6.07) is 9.59. The van der Waals surface area contributed by atoms with E-state index in [4.69, 9.17) is 9.47 Å². The van der Waals surface area contributed by atoms with Gasteiger partial charge in [0, 0.05) is 5.56 Å². The first kappa shape index (κ1) is 17.9. The predicted octanol–water partition coefficient (Wildman–Crippen LogP) is 2.68. The molecule has 0 atom stereocenters. The van der Waals surface area contributed by atoms with Crippen molar-refractivity contribution in [2.45, 2.75) is 6.92 Å². The summed E-state index contributed by atoms with van der Waals surface area (Å²) in [5, 5.41) is 15.0. The third-order valence-electron chi connectivity index (χ3n) is 3.41. The van der Waals surface area contributed by atoms with E-state index < -0.39 is 10.8 Å². The van der Waals surface area contributed by atoms with Crippen molar-refractivity contribution < 1.29 is 19.2 Å². The van der Waals surface area contributed by atoms with Crippen molar-refractivity contribution in [3.05, 3.63) is 63.2 Å². The van der Waals surface area contributed by atoms with Crippen LogP contribution >= 0.6 is 0 Å². The molecule has 0 aromatic heterocycles. The number of carbonyl (C=O) groups excluding carboxylic acids is 1. The van der Waals surface area contributed by atoms with Gasteiger partial charge in [-0.25, -0.2) is 5.43 Å². The summed E-state index contributed by atoms with van der Waals surface area (Å²) < 4.78 is 10.2. The largest absolute Gasteiger partial charge is 0.493 e. The molecular formula is C17H17N3O5. The topological polar surface area (TPSA) is 103 Å². The number of rotatable bonds is 6. The van der Waals surface area contributed by atoms with Gasteiger partial charge in [0.05, 0.1) is 37.0 Å². The highest BCUT2D eigenvalue weighted by Crippen LogP contribution is 2.33. The van der Waals surface area contributed by atoms with E-state index in [1.165, 1.54) is 32.6 Å². The molecule has 0 unspecified atom stereocenters. The average molecular weight is 343 g/mol. The molecule has 8 nitrogen and oxygen atoms in total. The zero-order valence-corrected chi connectivity index (χ0v) is 14.0. The summed E-state index contributed by atoms with van der Waals surface area (Å²) in [5.41, 5.74) is 3.75. The Morgan fingerprint density at radius 2 is 1.76 bits per heavy atom. The molecule has 0 aliphatic rings. The van der Waals surface area contributed by atoms with Crippen LogP contribution in [0.3, 0.4) is 0 Å². The standard InChI is InChI=1S/C17H17N3O5/c1-11-4-6-12(7-5-11)17(21)19-18-10-13-8-15(24-2)16(25-3)9-14(13)20(22)23/h4-10H,1-3H3,(H,19,21)/b18-10-. The number of hydrazone groups is 1. The lowest BCUT2D eigenvalue weighted by Crippen LogP contribution is -2.17. The highest BCUT2D eigenvalue weighted by molar-refractivity contribution is 5.95. The number of ether oxygens (including phenoxy) is 2. The van der Waals surface area contributed by atoms with E-state index in [0.29, 0.717) is 11.3 Å². The van der Waals surface area contributed by atoms with Gasteiger partial charge < -0.3 is 9.47 Å². The Labute approximate surface area is 144 Å². The smallest absolute Gasteiger partial charge is 0.282 e. The number of benzene rings is 2. The van der Waals surface area contributed by atoms with Crippen molar-refractivity contribution in [3.63, 3.8) is 0 Å². The van der Waals surface area contributed by atoms with Gasteiger partial charge in [-0.1, -0.05) is 17.7 Å². The molecule has 0 aliphatic heterocycles. The molecule has 1 amide bonds. The van der Waals surface area contributed by atoms with Gasteiger partial charge in [0.2, 0.25) is 0 Å². The van der Waals surface area contributed by atoms with Crippen molar-refractivity contribution in [3.8, 4) is 11.5 Å². The minimum Gasteiger partial charge on any atom is -0.493 e. The second-order valence-corrected chi connectivity index (χ2v) is 5.09. The van der Waals surface area contributed by atoms with Crippen LogP contribution in [0.2, 0.25) is 0 Å². The summed E-state index contributed by atoms with van der Waals surface area (Å²) in [6.07, 6.45) is 1.19. The quantitative estimate of drug-likeness (QED) is 0.493. The molecule has 0 heterocycles. The monoisotopic (exact) mass is 343 g/mol. The van der Waals surface area contributed by atoms with Gasteiger partial charge in [-0.3, -0.25) is 14.9 Å².